The van der Waals surface area contributed by atoms with E-state index >= 15 is 0 Å². The summed E-state index contributed by atoms with van der Waals surface area (Å²) in [5.41, 5.74) is 1.68. The molecule has 0 unspecified atom stereocenters. The Morgan fingerprint density at radius 3 is 2.82 bits per heavy atom. The number of hydrogen-bond donors (Lipinski definition) is 1. The molecule has 0 aliphatic rings. The predicted octanol–water partition coefficient (Wildman–Crippen LogP) is 2.85. The molecule has 0 saturated carbocycles. The summed E-state index contributed by atoms with van der Waals surface area (Å²) in [6.07, 6.45) is 1.47. The van der Waals surface area contributed by atoms with E-state index in [9.17, 15) is 4.79 Å². The summed E-state index contributed by atoms with van der Waals surface area (Å²) in [5, 5.41) is 2.77. The molecule has 1 heterocycles. The Labute approximate surface area is 99.2 Å². The molecule has 88 valence electrons. The summed E-state index contributed by atoms with van der Waals surface area (Å²) in [6, 6.07) is 8.79. The Morgan fingerprint density at radius 1 is 1.35 bits per heavy atom. The van der Waals surface area contributed by atoms with Crippen molar-refractivity contribution in [2.75, 3.05) is 12.4 Å². The van der Waals surface area contributed by atoms with Gasteiger partial charge in [0.1, 0.15) is 5.75 Å². The molecule has 0 aliphatic heterocycles. The van der Waals surface area contributed by atoms with E-state index in [0.717, 1.165) is 5.56 Å². The molecule has 0 bridgehead atoms. The van der Waals surface area contributed by atoms with Crippen LogP contribution in [0.15, 0.2) is 41.0 Å². The zero-order valence-electron chi connectivity index (χ0n) is 9.69. The summed E-state index contributed by atoms with van der Waals surface area (Å²) in [6.45, 7) is 1.91. The van der Waals surface area contributed by atoms with Crippen LogP contribution in [0.3, 0.4) is 0 Å². The van der Waals surface area contributed by atoms with E-state index in [2.05, 4.69) is 5.32 Å². The molecule has 4 heteroatoms. The first-order valence-corrected chi connectivity index (χ1v) is 5.20. The molecule has 1 N–H and O–H groups in total. The van der Waals surface area contributed by atoms with Crippen LogP contribution >= 0.6 is 0 Å². The van der Waals surface area contributed by atoms with Gasteiger partial charge in [-0.15, -0.1) is 0 Å². The average molecular weight is 231 g/mol. The number of furan rings is 1. The second kappa shape index (κ2) is 4.74. The third-order valence-electron chi connectivity index (χ3n) is 2.44. The van der Waals surface area contributed by atoms with Gasteiger partial charge in [-0.3, -0.25) is 4.79 Å². The van der Waals surface area contributed by atoms with Crippen molar-refractivity contribution in [3.63, 3.8) is 0 Å². The number of benzene rings is 1. The van der Waals surface area contributed by atoms with Crippen molar-refractivity contribution in [3.8, 4) is 5.75 Å². The van der Waals surface area contributed by atoms with Gasteiger partial charge in [0, 0.05) is 11.8 Å². The molecule has 0 saturated heterocycles. The van der Waals surface area contributed by atoms with Gasteiger partial charge < -0.3 is 14.5 Å². The second-order valence-electron chi connectivity index (χ2n) is 3.61. The first-order valence-electron chi connectivity index (χ1n) is 5.20. The average Bonchev–Trinajstić information content (AvgIpc) is 2.85. The molecule has 2 rings (SSSR count). The summed E-state index contributed by atoms with van der Waals surface area (Å²) >= 11 is 0. The number of aryl methyl sites for hydroxylation is 1. The highest BCUT2D eigenvalue weighted by atomic mass is 16.5. The Bertz CT molecular complexity index is 517. The lowest BCUT2D eigenvalue weighted by atomic mass is 10.2. The van der Waals surface area contributed by atoms with Gasteiger partial charge in [0.05, 0.1) is 13.4 Å². The monoisotopic (exact) mass is 231 g/mol. The molecule has 17 heavy (non-hydrogen) atoms. The molecule has 1 aromatic heterocycles. The van der Waals surface area contributed by atoms with E-state index in [-0.39, 0.29) is 11.7 Å². The molecule has 2 aromatic rings. The maximum atomic E-state index is 11.8. The Hall–Kier alpha value is -2.23. The van der Waals surface area contributed by atoms with Crippen LogP contribution in [0, 0.1) is 6.92 Å². The Morgan fingerprint density at radius 2 is 2.18 bits per heavy atom. The first kappa shape index (κ1) is 11.3. The smallest absolute Gasteiger partial charge is 0.291 e. The number of ether oxygens (including phenoxy) is 1. The molecule has 4 nitrogen and oxygen atoms in total. The van der Waals surface area contributed by atoms with E-state index in [1.807, 2.05) is 19.1 Å². The van der Waals surface area contributed by atoms with Crippen molar-refractivity contribution in [2.24, 2.45) is 0 Å². The molecule has 1 amide bonds. The quantitative estimate of drug-likeness (QED) is 0.883. The van der Waals surface area contributed by atoms with E-state index in [0.29, 0.717) is 11.4 Å². The van der Waals surface area contributed by atoms with Gasteiger partial charge in [-0.1, -0.05) is 6.07 Å². The van der Waals surface area contributed by atoms with Crippen LogP contribution in [0.25, 0.3) is 0 Å². The van der Waals surface area contributed by atoms with Gasteiger partial charge in [-0.2, -0.15) is 0 Å². The number of methoxy groups -OCH3 is 1. The van der Waals surface area contributed by atoms with E-state index in [4.69, 9.17) is 9.15 Å². The Balaban J connectivity index is 2.21. The maximum absolute atomic E-state index is 11.8. The molecular formula is C13H13NO3. The zero-order chi connectivity index (χ0) is 12.3. The third kappa shape index (κ3) is 2.47. The van der Waals surface area contributed by atoms with E-state index < -0.39 is 0 Å². The summed E-state index contributed by atoms with van der Waals surface area (Å²) in [5.74, 6) is 0.712. The lowest BCUT2D eigenvalue weighted by Crippen LogP contribution is -2.11. The van der Waals surface area contributed by atoms with Crippen molar-refractivity contribution >= 4 is 11.6 Å². The summed E-state index contributed by atoms with van der Waals surface area (Å²) in [4.78, 5) is 11.8. The summed E-state index contributed by atoms with van der Waals surface area (Å²) < 4.78 is 10.1. The minimum Gasteiger partial charge on any atom is -0.497 e. The normalized spacial score (nSPS) is 10.0. The zero-order valence-corrected chi connectivity index (χ0v) is 9.69. The number of anilines is 1. The van der Waals surface area contributed by atoms with Crippen molar-refractivity contribution in [1.29, 1.82) is 0 Å². The van der Waals surface area contributed by atoms with Crippen LogP contribution in [0.2, 0.25) is 0 Å². The van der Waals surface area contributed by atoms with Crippen LogP contribution < -0.4 is 10.1 Å². The van der Waals surface area contributed by atoms with Gasteiger partial charge in [0.2, 0.25) is 0 Å². The number of rotatable bonds is 3. The van der Waals surface area contributed by atoms with Crippen LogP contribution in [-0.4, -0.2) is 13.0 Å². The van der Waals surface area contributed by atoms with Crippen LogP contribution in [0.1, 0.15) is 16.1 Å². The summed E-state index contributed by atoms with van der Waals surface area (Å²) in [7, 11) is 1.59. The number of amides is 1. The fourth-order valence-corrected chi connectivity index (χ4v) is 1.45. The molecule has 0 atom stereocenters. The van der Waals surface area contributed by atoms with Gasteiger partial charge in [0.25, 0.3) is 5.91 Å². The van der Waals surface area contributed by atoms with Crippen molar-refractivity contribution in [1.82, 2.24) is 0 Å². The van der Waals surface area contributed by atoms with Crippen molar-refractivity contribution in [2.45, 2.75) is 6.92 Å². The van der Waals surface area contributed by atoms with Gasteiger partial charge in [-0.25, -0.2) is 0 Å². The standard InChI is InChI=1S/C13H13NO3/c1-9-5-6-10(16-2)8-11(9)14-13(15)12-4-3-7-17-12/h3-8H,1-2H3,(H,14,15). The molecular weight excluding hydrogens is 218 g/mol. The lowest BCUT2D eigenvalue weighted by molar-refractivity contribution is 0.0996. The van der Waals surface area contributed by atoms with Gasteiger partial charge in [-0.05, 0) is 30.7 Å². The number of carbonyl (C=O) groups is 1. The van der Waals surface area contributed by atoms with Gasteiger partial charge >= 0.3 is 0 Å². The molecule has 0 spiro atoms. The fraction of sp³-hybridized carbons (Fsp3) is 0.154. The SMILES string of the molecule is COc1ccc(C)c(NC(=O)c2ccco2)c1. The van der Waals surface area contributed by atoms with Crippen LogP contribution in [0.4, 0.5) is 5.69 Å². The molecule has 0 radical (unpaired) electrons. The van der Waals surface area contributed by atoms with Crippen LogP contribution in [-0.2, 0) is 0 Å². The fourth-order valence-electron chi connectivity index (χ4n) is 1.45. The highest BCUT2D eigenvalue weighted by Crippen LogP contribution is 2.22. The number of carbonyl (C=O) groups excluding carboxylic acids is 1. The molecule has 0 aliphatic carbocycles. The number of hydrogen-bond acceptors (Lipinski definition) is 3. The minimum atomic E-state index is -0.272. The highest BCUT2D eigenvalue weighted by Gasteiger charge is 2.10. The van der Waals surface area contributed by atoms with Crippen molar-refractivity contribution in [3.05, 3.63) is 47.9 Å². The largest absolute Gasteiger partial charge is 0.497 e. The van der Waals surface area contributed by atoms with Crippen LogP contribution in [0.5, 0.6) is 5.75 Å². The van der Waals surface area contributed by atoms with Crippen molar-refractivity contribution < 1.29 is 13.9 Å². The minimum absolute atomic E-state index is 0.272. The third-order valence-corrected chi connectivity index (χ3v) is 2.44. The molecule has 0 fully saturated rings. The lowest BCUT2D eigenvalue weighted by Gasteiger charge is -2.08. The first-order chi connectivity index (χ1) is 8.20. The van der Waals surface area contributed by atoms with Gasteiger partial charge in [0.15, 0.2) is 5.76 Å². The highest BCUT2D eigenvalue weighted by molar-refractivity contribution is 6.02. The second-order valence-corrected chi connectivity index (χ2v) is 3.61. The predicted molar refractivity (Wildman–Crippen MR) is 64.4 cm³/mol. The topological polar surface area (TPSA) is 51.5 Å². The number of nitrogens with one attached hydrogen (secondary N) is 1. The van der Waals surface area contributed by atoms with E-state index in [1.54, 1.807) is 25.3 Å². The molecule has 1 aromatic carbocycles. The maximum Gasteiger partial charge on any atom is 0.291 e. The van der Waals surface area contributed by atoms with E-state index in [1.165, 1.54) is 6.26 Å². The Kier molecular flexibility index (Phi) is 3.14.